The summed E-state index contributed by atoms with van der Waals surface area (Å²) in [6.07, 6.45) is 0. The van der Waals surface area contributed by atoms with Crippen molar-refractivity contribution < 1.29 is 26.2 Å². The number of fused-ring (bicyclic) bond motifs is 3. The van der Waals surface area contributed by atoms with Gasteiger partial charge in [-0.3, -0.25) is 0 Å². The molecule has 0 aliphatic rings. The van der Waals surface area contributed by atoms with E-state index in [4.69, 9.17) is 23.2 Å². The molecule has 0 fully saturated rings. The Morgan fingerprint density at radius 1 is 0.708 bits per heavy atom. The van der Waals surface area contributed by atoms with E-state index in [1.807, 2.05) is 30.3 Å². The first-order valence-corrected chi connectivity index (χ1v) is 8.28. The molecule has 0 aliphatic carbocycles. The standard InChI is InChI=1S/C13H9.C5H5.C3H6Cl2.Zr/c1-3-7-12-10(5-1)9-11-6-2-4-8-13(11)12;1-2-4-5-3-1;1-3(2,4)5;/h1-9H;1-5H;1-2H3;/q2*-1;;+2. The minimum atomic E-state index is -0.556. The molecule has 122 valence electrons. The monoisotopic (exact) mass is 432 g/mol. The van der Waals surface area contributed by atoms with Crippen LogP contribution in [0.3, 0.4) is 0 Å². The van der Waals surface area contributed by atoms with Gasteiger partial charge in [-0.2, -0.15) is 18.2 Å². The summed E-state index contributed by atoms with van der Waals surface area (Å²) in [5.41, 5.74) is 0. The molecule has 4 aromatic carbocycles. The smallest absolute Gasteiger partial charge is 0.214 e. The van der Waals surface area contributed by atoms with Crippen molar-refractivity contribution in [2.75, 3.05) is 0 Å². The third-order valence-electron chi connectivity index (χ3n) is 3.08. The van der Waals surface area contributed by atoms with Gasteiger partial charge in [-0.15, -0.1) is 62.9 Å². The zero-order chi connectivity index (χ0) is 16.7. The molecule has 4 aromatic rings. The van der Waals surface area contributed by atoms with Crippen molar-refractivity contribution in [1.82, 2.24) is 0 Å². The molecular formula is C21H20Cl2Zr. The fourth-order valence-corrected chi connectivity index (χ4v) is 2.22. The molecule has 0 nitrogen and oxygen atoms in total. The second kappa shape index (κ2) is 10.2. The maximum absolute atomic E-state index is 5.30. The van der Waals surface area contributed by atoms with Crippen LogP contribution < -0.4 is 0 Å². The van der Waals surface area contributed by atoms with Gasteiger partial charge in [0.1, 0.15) is 4.33 Å². The molecule has 0 unspecified atom stereocenters. The molecule has 0 saturated carbocycles. The Kier molecular flexibility index (Phi) is 8.99. The fourth-order valence-electron chi connectivity index (χ4n) is 2.22. The summed E-state index contributed by atoms with van der Waals surface area (Å²) in [6, 6.07) is 29.3. The zero-order valence-corrected chi connectivity index (χ0v) is 17.8. The third kappa shape index (κ3) is 7.35. The van der Waals surface area contributed by atoms with E-state index in [-0.39, 0.29) is 26.2 Å². The summed E-state index contributed by atoms with van der Waals surface area (Å²) in [4.78, 5) is 0. The van der Waals surface area contributed by atoms with E-state index in [1.54, 1.807) is 13.8 Å². The van der Waals surface area contributed by atoms with Crippen LogP contribution in [0.1, 0.15) is 13.8 Å². The van der Waals surface area contributed by atoms with E-state index < -0.39 is 4.33 Å². The molecule has 0 saturated heterocycles. The van der Waals surface area contributed by atoms with Crippen molar-refractivity contribution in [2.24, 2.45) is 0 Å². The largest absolute Gasteiger partial charge is 2.00 e. The van der Waals surface area contributed by atoms with Crippen LogP contribution in [0.4, 0.5) is 0 Å². The molecule has 0 radical (unpaired) electrons. The number of alkyl halides is 2. The summed E-state index contributed by atoms with van der Waals surface area (Å²) in [6.45, 7) is 3.44. The maximum Gasteiger partial charge on any atom is 2.00 e. The second-order valence-electron chi connectivity index (χ2n) is 5.61. The number of benzene rings is 2. The molecule has 24 heavy (non-hydrogen) atoms. The van der Waals surface area contributed by atoms with E-state index in [0.29, 0.717) is 0 Å². The van der Waals surface area contributed by atoms with E-state index in [0.717, 1.165) is 0 Å². The Balaban J connectivity index is 0.000000220. The predicted molar refractivity (Wildman–Crippen MR) is 105 cm³/mol. The second-order valence-corrected chi connectivity index (χ2v) is 7.69. The van der Waals surface area contributed by atoms with E-state index in [1.165, 1.54) is 21.5 Å². The molecule has 0 heterocycles. The number of hydrogen-bond donors (Lipinski definition) is 0. The number of rotatable bonds is 0. The summed E-state index contributed by atoms with van der Waals surface area (Å²) in [5, 5.41) is 5.39. The van der Waals surface area contributed by atoms with Gasteiger partial charge in [0.15, 0.2) is 0 Å². The average Bonchev–Trinajstić information content (AvgIpc) is 3.17. The normalized spacial score (nSPS) is 10.2. The molecular weight excluding hydrogens is 414 g/mol. The van der Waals surface area contributed by atoms with Crippen LogP contribution in [0.5, 0.6) is 0 Å². The van der Waals surface area contributed by atoms with Crippen LogP contribution in [0.2, 0.25) is 0 Å². The third-order valence-corrected chi connectivity index (χ3v) is 3.08. The predicted octanol–water partition coefficient (Wildman–Crippen LogP) is 7.32. The summed E-state index contributed by atoms with van der Waals surface area (Å²) in [5.74, 6) is 0. The van der Waals surface area contributed by atoms with Crippen LogP contribution in [0.25, 0.3) is 21.5 Å². The van der Waals surface area contributed by atoms with Gasteiger partial charge in [0.05, 0.1) is 0 Å². The molecule has 0 atom stereocenters. The Hall–Kier alpha value is -0.877. The minimum absolute atomic E-state index is 0. The van der Waals surface area contributed by atoms with E-state index in [2.05, 4.69) is 54.6 Å². The van der Waals surface area contributed by atoms with Crippen molar-refractivity contribution in [3.8, 4) is 0 Å². The van der Waals surface area contributed by atoms with Crippen molar-refractivity contribution in [3.63, 3.8) is 0 Å². The van der Waals surface area contributed by atoms with Gasteiger partial charge in [-0.1, -0.05) is 36.4 Å². The number of hydrogen-bond acceptors (Lipinski definition) is 0. The van der Waals surface area contributed by atoms with Crippen molar-refractivity contribution in [3.05, 3.63) is 84.9 Å². The van der Waals surface area contributed by atoms with Gasteiger partial charge in [-0.25, -0.2) is 12.1 Å². The topological polar surface area (TPSA) is 0 Å². The first-order valence-electron chi connectivity index (χ1n) is 7.53. The molecule has 0 aliphatic heterocycles. The Bertz CT molecular complexity index is 750. The van der Waals surface area contributed by atoms with Gasteiger partial charge in [0.25, 0.3) is 0 Å². The van der Waals surface area contributed by atoms with Crippen LogP contribution >= 0.6 is 23.2 Å². The maximum atomic E-state index is 5.30. The van der Waals surface area contributed by atoms with Gasteiger partial charge in [-0.05, 0) is 13.8 Å². The summed E-state index contributed by atoms with van der Waals surface area (Å²) >= 11 is 10.6. The van der Waals surface area contributed by atoms with Gasteiger partial charge in [0, 0.05) is 0 Å². The molecule has 0 bridgehead atoms. The fraction of sp³-hybridized carbons (Fsp3) is 0.143. The van der Waals surface area contributed by atoms with Crippen LogP contribution in [0, 0.1) is 0 Å². The van der Waals surface area contributed by atoms with Gasteiger partial charge in [0.2, 0.25) is 0 Å². The van der Waals surface area contributed by atoms with Crippen molar-refractivity contribution in [1.29, 1.82) is 0 Å². The average molecular weight is 435 g/mol. The van der Waals surface area contributed by atoms with Crippen LogP contribution in [-0.4, -0.2) is 4.33 Å². The first kappa shape index (κ1) is 21.2. The molecule has 0 N–H and O–H groups in total. The molecule has 0 amide bonds. The van der Waals surface area contributed by atoms with E-state index in [9.17, 15) is 0 Å². The number of halogens is 2. The van der Waals surface area contributed by atoms with Crippen LogP contribution in [0.15, 0.2) is 84.9 Å². The van der Waals surface area contributed by atoms with E-state index >= 15 is 0 Å². The van der Waals surface area contributed by atoms with Crippen molar-refractivity contribution in [2.45, 2.75) is 18.2 Å². The molecule has 0 aromatic heterocycles. The van der Waals surface area contributed by atoms with Gasteiger partial charge >= 0.3 is 26.2 Å². The summed E-state index contributed by atoms with van der Waals surface area (Å²) in [7, 11) is 0. The SMILES string of the molecule is CC(C)(Cl)Cl.[Zr+2].c1cc[cH-]c1.c1ccc2c(c1)[cH-]c1ccccc12. The quantitative estimate of drug-likeness (QED) is 0.201. The van der Waals surface area contributed by atoms with Gasteiger partial charge < -0.3 is 0 Å². The molecule has 3 heteroatoms. The molecule has 0 spiro atoms. The zero-order valence-electron chi connectivity index (χ0n) is 13.8. The first-order chi connectivity index (χ1) is 10.9. The van der Waals surface area contributed by atoms with Crippen molar-refractivity contribution >= 4 is 44.7 Å². The van der Waals surface area contributed by atoms with Crippen LogP contribution in [-0.2, 0) is 26.2 Å². The Morgan fingerprint density at radius 2 is 1.08 bits per heavy atom. The molecule has 4 rings (SSSR count). The summed E-state index contributed by atoms with van der Waals surface area (Å²) < 4.78 is -0.556. The minimum Gasteiger partial charge on any atom is -0.214 e. The Morgan fingerprint density at radius 3 is 1.42 bits per heavy atom. The Labute approximate surface area is 173 Å².